The van der Waals surface area contributed by atoms with Gasteiger partial charge in [0.05, 0.1) is 0 Å². The zero-order valence-electron chi connectivity index (χ0n) is 54.2. The molecule has 0 amide bonds. The second-order valence-electron chi connectivity index (χ2n) is 23.4. The van der Waals surface area contributed by atoms with Crippen molar-refractivity contribution in [1.82, 2.24) is 0 Å². The minimum atomic E-state index is -0.805. The molecule has 0 N–H and O–H groups in total. The summed E-state index contributed by atoms with van der Waals surface area (Å²) in [6.45, 7) is 6.45. The summed E-state index contributed by atoms with van der Waals surface area (Å²) in [5.74, 6) is -0.958. The van der Waals surface area contributed by atoms with Crippen molar-refractivity contribution >= 4 is 17.9 Å². The Morgan fingerprint density at radius 3 is 0.793 bits per heavy atom. The van der Waals surface area contributed by atoms with Crippen molar-refractivity contribution in [1.29, 1.82) is 0 Å². The fourth-order valence-electron chi connectivity index (χ4n) is 10.1. The Hall–Kier alpha value is -3.67. The van der Waals surface area contributed by atoms with Gasteiger partial charge in [-0.1, -0.05) is 330 Å². The molecule has 0 aliphatic rings. The van der Waals surface area contributed by atoms with Crippen molar-refractivity contribution in [2.75, 3.05) is 13.2 Å². The van der Waals surface area contributed by atoms with Gasteiger partial charge in [-0.25, -0.2) is 0 Å². The summed E-state index contributed by atoms with van der Waals surface area (Å²) in [4.78, 5) is 38.0. The standard InChI is InChI=1S/C76H132O6/c1-4-7-10-13-16-18-20-22-24-26-28-30-32-33-34-35-36-37-38-39-40-41-42-43-45-46-48-50-52-54-56-58-60-63-66-69-75(78)81-72-73(71-80-74(77)68-65-62-15-12-9-6-3)82-76(79)70-67-64-61-59-57-55-53-51-49-47-44-31-29-27-25-23-21-19-17-14-11-8-5-2/h8,11,17,19,23,25-26,28-29,31,47,49,53,55,59,61,73H,4-7,9-10,12-16,18,20-22,24,27,30,32-46,48,50-52,54,56-58,60,62-72H2,1-3H3/b11-8-,19-17-,25-23-,28-26-,31-29-,49-47-,55-53-,61-59-. The molecule has 472 valence electrons. The van der Waals surface area contributed by atoms with Crippen molar-refractivity contribution < 1.29 is 28.6 Å². The van der Waals surface area contributed by atoms with Crippen molar-refractivity contribution in [3.8, 4) is 0 Å². The zero-order valence-corrected chi connectivity index (χ0v) is 54.2. The summed E-state index contributed by atoms with van der Waals surface area (Å²) in [5, 5.41) is 0. The maximum atomic E-state index is 12.8. The van der Waals surface area contributed by atoms with Crippen molar-refractivity contribution in [3.05, 3.63) is 97.2 Å². The Bertz CT molecular complexity index is 1590. The van der Waals surface area contributed by atoms with Gasteiger partial charge in [-0.3, -0.25) is 14.4 Å². The Kier molecular flexibility index (Phi) is 66.7. The summed E-state index contributed by atoms with van der Waals surface area (Å²) in [6, 6.07) is 0. The van der Waals surface area contributed by atoms with Crippen LogP contribution >= 0.6 is 0 Å². The Balaban J connectivity index is 4.02. The van der Waals surface area contributed by atoms with Gasteiger partial charge in [-0.15, -0.1) is 0 Å². The van der Waals surface area contributed by atoms with E-state index in [0.29, 0.717) is 19.3 Å². The number of esters is 3. The van der Waals surface area contributed by atoms with Gasteiger partial charge in [0.15, 0.2) is 6.10 Å². The predicted octanol–water partition coefficient (Wildman–Crippen LogP) is 24.4. The number of hydrogen-bond donors (Lipinski definition) is 0. The maximum Gasteiger partial charge on any atom is 0.306 e. The molecule has 0 bridgehead atoms. The molecule has 1 atom stereocenters. The SMILES string of the molecule is CC/C=C\C/C=C\C/C=C\C/C=C\C/C=C\C/C=C\C/C=C\CCCC(=O)OC(COC(=O)CCCCCCCC)COC(=O)CCCCCCCCCCCCCCCCCCCCCCCCC/C=C\CCCCCCCCCC. The quantitative estimate of drug-likeness (QED) is 0.0261. The highest BCUT2D eigenvalue weighted by Gasteiger charge is 2.19. The van der Waals surface area contributed by atoms with Crippen LogP contribution < -0.4 is 0 Å². The second-order valence-corrected chi connectivity index (χ2v) is 23.4. The molecule has 6 nitrogen and oxygen atoms in total. The van der Waals surface area contributed by atoms with Gasteiger partial charge in [0.25, 0.3) is 0 Å². The van der Waals surface area contributed by atoms with E-state index < -0.39 is 6.10 Å². The van der Waals surface area contributed by atoms with Crippen LogP contribution in [-0.2, 0) is 28.6 Å². The number of hydrogen-bond acceptors (Lipinski definition) is 6. The largest absolute Gasteiger partial charge is 0.462 e. The maximum absolute atomic E-state index is 12.8. The highest BCUT2D eigenvalue weighted by atomic mass is 16.6. The highest BCUT2D eigenvalue weighted by molar-refractivity contribution is 5.71. The average molecular weight is 1140 g/mol. The lowest BCUT2D eigenvalue weighted by Crippen LogP contribution is -2.30. The first-order chi connectivity index (χ1) is 40.5. The summed E-state index contributed by atoms with van der Waals surface area (Å²) >= 11 is 0. The van der Waals surface area contributed by atoms with E-state index in [-0.39, 0.29) is 37.5 Å². The summed E-state index contributed by atoms with van der Waals surface area (Å²) < 4.78 is 16.8. The molecule has 82 heavy (non-hydrogen) atoms. The van der Waals surface area contributed by atoms with Gasteiger partial charge >= 0.3 is 17.9 Å². The summed E-state index contributed by atoms with van der Waals surface area (Å²) in [6.07, 6.45) is 95.0. The minimum absolute atomic E-state index is 0.0980. The van der Waals surface area contributed by atoms with Gasteiger partial charge in [0.1, 0.15) is 13.2 Å². The molecule has 0 aliphatic carbocycles. The van der Waals surface area contributed by atoms with E-state index in [1.807, 2.05) is 0 Å². The first-order valence-electron chi connectivity index (χ1n) is 35.2. The number of carbonyl (C=O) groups is 3. The number of carbonyl (C=O) groups excluding carboxylic acids is 3. The van der Waals surface area contributed by atoms with Crippen LogP contribution in [0.1, 0.15) is 348 Å². The van der Waals surface area contributed by atoms with Crippen LogP contribution in [0.2, 0.25) is 0 Å². The molecule has 6 heteroatoms. The van der Waals surface area contributed by atoms with Crippen LogP contribution in [0, 0.1) is 0 Å². The number of unbranched alkanes of at least 4 members (excludes halogenated alkanes) is 37. The van der Waals surface area contributed by atoms with E-state index in [1.165, 1.54) is 212 Å². The lowest BCUT2D eigenvalue weighted by molar-refractivity contribution is -0.167. The lowest BCUT2D eigenvalue weighted by Gasteiger charge is -2.18. The van der Waals surface area contributed by atoms with Crippen molar-refractivity contribution in [2.45, 2.75) is 354 Å². The van der Waals surface area contributed by atoms with Gasteiger partial charge in [0.2, 0.25) is 0 Å². The second kappa shape index (κ2) is 69.8. The zero-order chi connectivity index (χ0) is 59.2. The summed E-state index contributed by atoms with van der Waals surface area (Å²) in [7, 11) is 0. The first kappa shape index (κ1) is 78.3. The van der Waals surface area contributed by atoms with Crippen LogP contribution in [0.25, 0.3) is 0 Å². The van der Waals surface area contributed by atoms with Crippen molar-refractivity contribution in [3.63, 3.8) is 0 Å². The van der Waals surface area contributed by atoms with E-state index in [2.05, 4.69) is 118 Å². The Morgan fingerprint density at radius 2 is 0.488 bits per heavy atom. The number of allylic oxidation sites excluding steroid dienone is 16. The fraction of sp³-hybridized carbons (Fsp3) is 0.750. The monoisotopic (exact) mass is 1140 g/mol. The molecule has 0 saturated carbocycles. The molecule has 0 spiro atoms. The third-order valence-electron chi connectivity index (χ3n) is 15.3. The van der Waals surface area contributed by atoms with Crippen LogP contribution in [0.5, 0.6) is 0 Å². The van der Waals surface area contributed by atoms with Gasteiger partial charge in [0, 0.05) is 19.3 Å². The number of ether oxygens (including phenoxy) is 3. The Labute approximate surface area is 508 Å². The fourth-order valence-corrected chi connectivity index (χ4v) is 10.1. The molecule has 0 aromatic carbocycles. The molecule has 0 aliphatic heterocycles. The molecule has 0 aromatic heterocycles. The topological polar surface area (TPSA) is 78.9 Å². The third kappa shape index (κ3) is 67.1. The molecule has 1 unspecified atom stereocenters. The third-order valence-corrected chi connectivity index (χ3v) is 15.3. The first-order valence-corrected chi connectivity index (χ1v) is 35.2. The highest BCUT2D eigenvalue weighted by Crippen LogP contribution is 2.18. The van der Waals surface area contributed by atoms with E-state index in [0.717, 1.165) is 89.9 Å². The van der Waals surface area contributed by atoms with E-state index in [9.17, 15) is 14.4 Å². The van der Waals surface area contributed by atoms with Crippen LogP contribution in [0.4, 0.5) is 0 Å². The van der Waals surface area contributed by atoms with E-state index >= 15 is 0 Å². The molecule has 0 aromatic rings. The van der Waals surface area contributed by atoms with Gasteiger partial charge < -0.3 is 14.2 Å². The van der Waals surface area contributed by atoms with Crippen LogP contribution in [-0.4, -0.2) is 37.2 Å². The molecular formula is C76H132O6. The summed E-state index contributed by atoms with van der Waals surface area (Å²) in [5.41, 5.74) is 0. The molecule has 0 radical (unpaired) electrons. The lowest BCUT2D eigenvalue weighted by atomic mass is 10.0. The molecule has 0 heterocycles. The minimum Gasteiger partial charge on any atom is -0.462 e. The van der Waals surface area contributed by atoms with Crippen LogP contribution in [0.3, 0.4) is 0 Å². The average Bonchev–Trinajstić information content (AvgIpc) is 3.47. The van der Waals surface area contributed by atoms with Crippen LogP contribution in [0.15, 0.2) is 97.2 Å². The van der Waals surface area contributed by atoms with Crippen molar-refractivity contribution in [2.24, 2.45) is 0 Å². The molecule has 0 saturated heterocycles. The number of rotatable bonds is 64. The molecular weight excluding hydrogens is 1010 g/mol. The molecule has 0 fully saturated rings. The van der Waals surface area contributed by atoms with Gasteiger partial charge in [-0.05, 0) is 96.3 Å². The smallest absolute Gasteiger partial charge is 0.306 e. The molecule has 0 rings (SSSR count). The van der Waals surface area contributed by atoms with E-state index in [1.54, 1.807) is 0 Å². The Morgan fingerprint density at radius 1 is 0.256 bits per heavy atom. The van der Waals surface area contributed by atoms with E-state index in [4.69, 9.17) is 14.2 Å². The van der Waals surface area contributed by atoms with Gasteiger partial charge in [-0.2, -0.15) is 0 Å². The predicted molar refractivity (Wildman–Crippen MR) is 357 cm³/mol. The normalized spacial score (nSPS) is 12.7.